The lowest BCUT2D eigenvalue weighted by molar-refractivity contribution is -0.153. The van der Waals surface area contributed by atoms with E-state index in [0.29, 0.717) is 12.2 Å². The van der Waals surface area contributed by atoms with Gasteiger partial charge in [-0.1, -0.05) is 13.8 Å². The van der Waals surface area contributed by atoms with Crippen LogP contribution in [0.3, 0.4) is 0 Å². The maximum atomic E-state index is 12.1. The number of hydrogen-bond donors (Lipinski definition) is 1. The van der Waals surface area contributed by atoms with Gasteiger partial charge < -0.3 is 10.1 Å². The molecular formula is C12H17F3N2O. The summed E-state index contributed by atoms with van der Waals surface area (Å²) in [5, 5.41) is 3.10. The molecule has 0 aliphatic carbocycles. The molecular weight excluding hydrogens is 245 g/mol. The Balaban J connectivity index is 2.76. The van der Waals surface area contributed by atoms with Gasteiger partial charge in [-0.3, -0.25) is 4.98 Å². The Labute approximate surface area is 104 Å². The van der Waals surface area contributed by atoms with Gasteiger partial charge in [0, 0.05) is 18.3 Å². The average molecular weight is 262 g/mol. The second-order valence-electron chi connectivity index (χ2n) is 4.34. The fourth-order valence-corrected chi connectivity index (χ4v) is 1.32. The van der Waals surface area contributed by atoms with Crippen molar-refractivity contribution in [3.63, 3.8) is 0 Å². The molecule has 1 rings (SSSR count). The summed E-state index contributed by atoms with van der Waals surface area (Å²) in [4.78, 5) is 4.19. The molecule has 0 aliphatic heterocycles. The summed E-state index contributed by atoms with van der Waals surface area (Å²) in [5.41, 5.74) is 1.24. The van der Waals surface area contributed by atoms with Crippen LogP contribution in [0.1, 0.15) is 25.2 Å². The Morgan fingerprint density at radius 1 is 1.33 bits per heavy atom. The van der Waals surface area contributed by atoms with Gasteiger partial charge in [0.15, 0.2) is 6.61 Å². The van der Waals surface area contributed by atoms with Crippen LogP contribution in [0.25, 0.3) is 0 Å². The number of rotatable bonds is 5. The van der Waals surface area contributed by atoms with Crippen molar-refractivity contribution in [3.05, 3.63) is 23.5 Å². The number of alkyl halides is 3. The maximum Gasteiger partial charge on any atom is 0.422 e. The minimum atomic E-state index is -4.34. The van der Waals surface area contributed by atoms with Crippen LogP contribution in [0.5, 0.6) is 5.75 Å². The number of halogens is 3. The Morgan fingerprint density at radius 2 is 2.00 bits per heavy atom. The first kappa shape index (κ1) is 14.8. The third kappa shape index (κ3) is 5.35. The minimum absolute atomic E-state index is 0.172. The van der Waals surface area contributed by atoms with Gasteiger partial charge in [-0.05, 0) is 19.1 Å². The topological polar surface area (TPSA) is 34.1 Å². The molecule has 0 atom stereocenters. The van der Waals surface area contributed by atoms with Crippen molar-refractivity contribution in [2.75, 3.05) is 6.61 Å². The first-order chi connectivity index (χ1) is 8.28. The number of hydrogen-bond acceptors (Lipinski definition) is 3. The smallest absolute Gasteiger partial charge is 0.422 e. The zero-order valence-electron chi connectivity index (χ0n) is 10.6. The summed E-state index contributed by atoms with van der Waals surface area (Å²) in [7, 11) is 0. The predicted octanol–water partition coefficient (Wildman–Crippen LogP) is 2.83. The number of nitrogens with zero attached hydrogens (tertiary/aromatic N) is 1. The Kier molecular flexibility index (Phi) is 4.95. The monoisotopic (exact) mass is 262 g/mol. The first-order valence-electron chi connectivity index (χ1n) is 5.67. The molecule has 0 saturated heterocycles. The quantitative estimate of drug-likeness (QED) is 0.886. The molecule has 18 heavy (non-hydrogen) atoms. The molecule has 0 bridgehead atoms. The highest BCUT2D eigenvalue weighted by molar-refractivity contribution is 5.29. The minimum Gasteiger partial charge on any atom is -0.482 e. The van der Waals surface area contributed by atoms with Gasteiger partial charge in [0.25, 0.3) is 0 Å². The van der Waals surface area contributed by atoms with Crippen LogP contribution in [-0.2, 0) is 6.54 Å². The molecule has 0 aliphatic rings. The van der Waals surface area contributed by atoms with Crippen LogP contribution in [0.15, 0.2) is 12.1 Å². The molecule has 0 amide bonds. The summed E-state index contributed by atoms with van der Waals surface area (Å²) < 4.78 is 41.1. The molecule has 0 unspecified atom stereocenters. The van der Waals surface area contributed by atoms with E-state index in [4.69, 9.17) is 4.74 Å². The molecule has 3 nitrogen and oxygen atoms in total. The number of aromatic nitrogens is 1. The second kappa shape index (κ2) is 6.04. The lowest BCUT2D eigenvalue weighted by Crippen LogP contribution is -2.24. The van der Waals surface area contributed by atoms with Crippen molar-refractivity contribution in [3.8, 4) is 5.75 Å². The van der Waals surface area contributed by atoms with E-state index in [0.717, 1.165) is 5.69 Å². The number of pyridine rings is 1. The van der Waals surface area contributed by atoms with Crippen LogP contribution in [-0.4, -0.2) is 23.8 Å². The third-order valence-electron chi connectivity index (χ3n) is 2.14. The summed E-state index contributed by atoms with van der Waals surface area (Å²) in [5.74, 6) is 0.172. The standard InChI is InChI=1S/C12H17F3N2O/c1-8(2)16-6-10-11(5-4-9(3)17-10)18-7-12(13,14)15/h4-5,8,16H,6-7H2,1-3H3. The van der Waals surface area contributed by atoms with Crippen LogP contribution >= 0.6 is 0 Å². The van der Waals surface area contributed by atoms with Crippen LogP contribution < -0.4 is 10.1 Å². The molecule has 1 heterocycles. The van der Waals surface area contributed by atoms with Crippen molar-refractivity contribution >= 4 is 0 Å². The van der Waals surface area contributed by atoms with Gasteiger partial charge in [-0.2, -0.15) is 13.2 Å². The fraction of sp³-hybridized carbons (Fsp3) is 0.583. The van der Waals surface area contributed by atoms with Crippen LogP contribution in [0.2, 0.25) is 0 Å². The highest BCUT2D eigenvalue weighted by atomic mass is 19.4. The van der Waals surface area contributed by atoms with Gasteiger partial charge in [-0.25, -0.2) is 0 Å². The zero-order valence-corrected chi connectivity index (χ0v) is 10.6. The summed E-state index contributed by atoms with van der Waals surface area (Å²) in [6, 6.07) is 3.37. The summed E-state index contributed by atoms with van der Waals surface area (Å²) >= 11 is 0. The average Bonchev–Trinajstić information content (AvgIpc) is 2.23. The maximum absolute atomic E-state index is 12.1. The van der Waals surface area contributed by atoms with Crippen LogP contribution in [0, 0.1) is 6.92 Å². The van der Waals surface area contributed by atoms with E-state index in [1.165, 1.54) is 6.07 Å². The van der Waals surface area contributed by atoms with Crippen LogP contribution in [0.4, 0.5) is 13.2 Å². The van der Waals surface area contributed by atoms with E-state index >= 15 is 0 Å². The van der Waals surface area contributed by atoms with E-state index in [-0.39, 0.29) is 11.8 Å². The molecule has 0 radical (unpaired) electrons. The Morgan fingerprint density at radius 3 is 2.56 bits per heavy atom. The number of ether oxygens (including phenoxy) is 1. The van der Waals surface area contributed by atoms with Crippen molar-refractivity contribution in [2.45, 2.75) is 39.5 Å². The number of aryl methyl sites for hydroxylation is 1. The van der Waals surface area contributed by atoms with Crippen molar-refractivity contribution < 1.29 is 17.9 Å². The van der Waals surface area contributed by atoms with Gasteiger partial charge in [0.1, 0.15) is 5.75 Å². The predicted molar refractivity (Wildman–Crippen MR) is 62.5 cm³/mol. The molecule has 6 heteroatoms. The third-order valence-corrected chi connectivity index (χ3v) is 2.14. The second-order valence-corrected chi connectivity index (χ2v) is 4.34. The van der Waals surface area contributed by atoms with E-state index in [2.05, 4.69) is 10.3 Å². The molecule has 102 valence electrons. The van der Waals surface area contributed by atoms with Crippen molar-refractivity contribution in [1.82, 2.24) is 10.3 Å². The molecule has 0 fully saturated rings. The normalized spacial score (nSPS) is 11.9. The largest absolute Gasteiger partial charge is 0.482 e. The SMILES string of the molecule is Cc1ccc(OCC(F)(F)F)c(CNC(C)C)n1. The lowest BCUT2D eigenvalue weighted by Gasteiger charge is -2.14. The van der Waals surface area contributed by atoms with Gasteiger partial charge in [0.05, 0.1) is 5.69 Å². The summed E-state index contributed by atoms with van der Waals surface area (Å²) in [6.45, 7) is 4.77. The van der Waals surface area contributed by atoms with E-state index in [9.17, 15) is 13.2 Å². The van der Waals surface area contributed by atoms with Crippen molar-refractivity contribution in [2.24, 2.45) is 0 Å². The molecule has 0 aromatic carbocycles. The molecule has 1 aromatic rings. The van der Waals surface area contributed by atoms with Gasteiger partial charge >= 0.3 is 6.18 Å². The molecule has 1 N–H and O–H groups in total. The lowest BCUT2D eigenvalue weighted by atomic mass is 10.2. The van der Waals surface area contributed by atoms with Gasteiger partial charge in [0.2, 0.25) is 0 Å². The molecule has 1 aromatic heterocycles. The van der Waals surface area contributed by atoms with E-state index in [1.54, 1.807) is 13.0 Å². The van der Waals surface area contributed by atoms with E-state index in [1.807, 2.05) is 13.8 Å². The fourth-order valence-electron chi connectivity index (χ4n) is 1.32. The Bertz CT molecular complexity index is 391. The molecule has 0 saturated carbocycles. The zero-order chi connectivity index (χ0) is 13.8. The highest BCUT2D eigenvalue weighted by Crippen LogP contribution is 2.21. The Hall–Kier alpha value is -1.30. The highest BCUT2D eigenvalue weighted by Gasteiger charge is 2.28. The molecule has 0 spiro atoms. The summed E-state index contributed by atoms with van der Waals surface area (Å²) in [6.07, 6.45) is -4.34. The van der Waals surface area contributed by atoms with Gasteiger partial charge in [-0.15, -0.1) is 0 Å². The first-order valence-corrected chi connectivity index (χ1v) is 5.67. The van der Waals surface area contributed by atoms with Crippen molar-refractivity contribution in [1.29, 1.82) is 0 Å². The van der Waals surface area contributed by atoms with E-state index < -0.39 is 12.8 Å². The number of nitrogens with one attached hydrogen (secondary N) is 1.